The minimum absolute atomic E-state index is 0.0698. The van der Waals surface area contributed by atoms with Crippen molar-refractivity contribution >= 4 is 22.5 Å². The lowest BCUT2D eigenvalue weighted by Gasteiger charge is -2.14. The molecule has 0 aliphatic carbocycles. The summed E-state index contributed by atoms with van der Waals surface area (Å²) in [7, 11) is 1.55. The molecule has 6 nitrogen and oxygen atoms in total. The van der Waals surface area contributed by atoms with Crippen molar-refractivity contribution in [1.29, 1.82) is 0 Å². The molecule has 2 aromatic heterocycles. The van der Waals surface area contributed by atoms with Crippen LogP contribution in [0.1, 0.15) is 0 Å². The highest BCUT2D eigenvalue weighted by atomic mass is 35.5. The third-order valence-electron chi connectivity index (χ3n) is 4.24. The van der Waals surface area contributed by atoms with E-state index in [4.69, 9.17) is 25.8 Å². The number of pyridine rings is 1. The number of hydrogen-bond donors (Lipinski definition) is 0. The molecular weight excluding hydrogens is 397 g/mol. The number of aromatic nitrogens is 3. The third-order valence-corrected chi connectivity index (χ3v) is 4.47. The van der Waals surface area contributed by atoms with E-state index in [2.05, 4.69) is 10.1 Å². The van der Waals surface area contributed by atoms with Crippen LogP contribution in [-0.2, 0) is 6.54 Å². The van der Waals surface area contributed by atoms with Crippen LogP contribution in [0.5, 0.6) is 23.0 Å². The topological polar surface area (TPSA) is 58.4 Å². The van der Waals surface area contributed by atoms with E-state index in [9.17, 15) is 4.39 Å². The maximum atomic E-state index is 14.1. The van der Waals surface area contributed by atoms with Crippen LogP contribution < -0.4 is 14.2 Å². The Hall–Kier alpha value is -3.32. The molecule has 0 saturated carbocycles. The monoisotopic (exact) mass is 413 g/mol. The van der Waals surface area contributed by atoms with Crippen LogP contribution in [-0.4, -0.2) is 28.5 Å². The van der Waals surface area contributed by atoms with E-state index in [-0.39, 0.29) is 5.75 Å². The molecule has 148 valence electrons. The van der Waals surface area contributed by atoms with E-state index < -0.39 is 5.82 Å². The van der Waals surface area contributed by atoms with E-state index >= 15 is 0 Å². The summed E-state index contributed by atoms with van der Waals surface area (Å²) in [4.78, 5) is 4.37. The smallest absolute Gasteiger partial charge is 0.167 e. The second-order valence-corrected chi connectivity index (χ2v) is 6.56. The second kappa shape index (κ2) is 8.36. The van der Waals surface area contributed by atoms with Crippen LogP contribution in [0.2, 0.25) is 5.02 Å². The average Bonchev–Trinajstić information content (AvgIpc) is 3.23. The summed E-state index contributed by atoms with van der Waals surface area (Å²) in [6, 6.07) is 11.3. The Bertz CT molecular complexity index is 1140. The normalized spacial score (nSPS) is 10.9. The molecule has 0 unspecified atom stereocenters. The Balaban J connectivity index is 1.62. The third kappa shape index (κ3) is 4.25. The van der Waals surface area contributed by atoms with Crippen molar-refractivity contribution in [3.05, 3.63) is 71.9 Å². The summed E-state index contributed by atoms with van der Waals surface area (Å²) in [5, 5.41) is 5.11. The minimum atomic E-state index is -0.548. The summed E-state index contributed by atoms with van der Waals surface area (Å²) in [6.07, 6.45) is 5.17. The number of halogens is 2. The van der Waals surface area contributed by atoms with Gasteiger partial charge in [-0.25, -0.2) is 4.39 Å². The number of fused-ring (bicyclic) bond motifs is 1. The molecule has 0 saturated heterocycles. The van der Waals surface area contributed by atoms with E-state index in [1.54, 1.807) is 48.5 Å². The fourth-order valence-electron chi connectivity index (χ4n) is 2.85. The van der Waals surface area contributed by atoms with Gasteiger partial charge < -0.3 is 14.2 Å². The van der Waals surface area contributed by atoms with Gasteiger partial charge in [0.25, 0.3) is 0 Å². The highest BCUT2D eigenvalue weighted by molar-refractivity contribution is 6.30. The van der Waals surface area contributed by atoms with Gasteiger partial charge in [0.2, 0.25) is 0 Å². The SMILES string of the molecule is COc1cc2c(Oc3ccc(Cl)cc3F)ccnc2cc1OCCn1cccn1. The quantitative estimate of drug-likeness (QED) is 0.421. The van der Waals surface area contributed by atoms with Crippen LogP contribution in [0.15, 0.2) is 61.1 Å². The van der Waals surface area contributed by atoms with Crippen molar-refractivity contribution < 1.29 is 18.6 Å². The summed E-state index contributed by atoms with van der Waals surface area (Å²) in [5.41, 5.74) is 0.631. The molecule has 29 heavy (non-hydrogen) atoms. The molecule has 0 atom stereocenters. The Morgan fingerprint density at radius 3 is 2.69 bits per heavy atom. The van der Waals surface area contributed by atoms with E-state index in [0.29, 0.717) is 46.3 Å². The van der Waals surface area contributed by atoms with Gasteiger partial charge in [-0.2, -0.15) is 5.10 Å². The van der Waals surface area contributed by atoms with Crippen molar-refractivity contribution in [2.75, 3.05) is 13.7 Å². The fourth-order valence-corrected chi connectivity index (χ4v) is 3.01. The van der Waals surface area contributed by atoms with Gasteiger partial charge in [0.05, 0.1) is 19.2 Å². The molecule has 0 aliphatic rings. The predicted molar refractivity (Wildman–Crippen MR) is 108 cm³/mol. The summed E-state index contributed by atoms with van der Waals surface area (Å²) >= 11 is 5.80. The first-order valence-electron chi connectivity index (χ1n) is 8.84. The molecule has 0 bridgehead atoms. The highest BCUT2D eigenvalue weighted by Crippen LogP contribution is 2.37. The number of hydrogen-bond acceptors (Lipinski definition) is 5. The molecule has 4 aromatic rings. The molecule has 0 fully saturated rings. The van der Waals surface area contributed by atoms with E-state index in [1.165, 1.54) is 12.1 Å². The maximum absolute atomic E-state index is 14.1. The predicted octanol–water partition coefficient (Wildman–Crippen LogP) is 5.10. The number of methoxy groups -OCH3 is 1. The van der Waals surface area contributed by atoms with Crippen molar-refractivity contribution in [1.82, 2.24) is 14.8 Å². The van der Waals surface area contributed by atoms with E-state index in [0.717, 1.165) is 0 Å². The van der Waals surface area contributed by atoms with Gasteiger partial charge in [-0.1, -0.05) is 11.6 Å². The molecule has 4 rings (SSSR count). The molecule has 0 spiro atoms. The number of rotatable bonds is 7. The number of ether oxygens (including phenoxy) is 3. The van der Waals surface area contributed by atoms with Crippen molar-refractivity contribution in [2.24, 2.45) is 0 Å². The molecule has 0 aliphatic heterocycles. The Labute approximate surface area is 171 Å². The lowest BCUT2D eigenvalue weighted by Crippen LogP contribution is -2.09. The Morgan fingerprint density at radius 1 is 1.03 bits per heavy atom. The van der Waals surface area contributed by atoms with Crippen LogP contribution >= 0.6 is 11.6 Å². The summed E-state index contributed by atoms with van der Waals surface area (Å²) in [5.74, 6) is 1.04. The van der Waals surface area contributed by atoms with Gasteiger partial charge in [-0.15, -0.1) is 0 Å². The number of nitrogens with zero attached hydrogens (tertiary/aromatic N) is 3. The number of benzene rings is 2. The standard InChI is InChI=1S/C21H17ClFN3O3/c1-27-20-12-15-17(13-21(20)28-10-9-26-8-2-6-25-26)24-7-5-18(15)29-19-4-3-14(22)11-16(19)23/h2-8,11-13H,9-10H2,1H3. The van der Waals surface area contributed by atoms with Crippen LogP contribution in [0.4, 0.5) is 4.39 Å². The average molecular weight is 414 g/mol. The van der Waals surface area contributed by atoms with Crippen LogP contribution in [0.3, 0.4) is 0 Å². The molecular formula is C21H17ClFN3O3. The Morgan fingerprint density at radius 2 is 1.93 bits per heavy atom. The highest BCUT2D eigenvalue weighted by Gasteiger charge is 2.13. The molecule has 2 heterocycles. The Kier molecular flexibility index (Phi) is 5.48. The van der Waals surface area contributed by atoms with Crippen LogP contribution in [0, 0.1) is 5.82 Å². The van der Waals surface area contributed by atoms with E-state index in [1.807, 2.05) is 12.3 Å². The van der Waals surface area contributed by atoms with Gasteiger partial charge in [0, 0.05) is 35.1 Å². The minimum Gasteiger partial charge on any atom is -0.493 e. The van der Waals surface area contributed by atoms with Gasteiger partial charge in [0.1, 0.15) is 12.4 Å². The van der Waals surface area contributed by atoms with Gasteiger partial charge in [0.15, 0.2) is 23.1 Å². The van der Waals surface area contributed by atoms with Crippen molar-refractivity contribution in [2.45, 2.75) is 6.54 Å². The molecule has 2 aromatic carbocycles. The molecule has 0 amide bonds. The largest absolute Gasteiger partial charge is 0.493 e. The lowest BCUT2D eigenvalue weighted by molar-refractivity contribution is 0.275. The summed E-state index contributed by atoms with van der Waals surface area (Å²) < 4.78 is 33.0. The zero-order chi connectivity index (χ0) is 20.2. The fraction of sp³-hybridized carbons (Fsp3) is 0.143. The first-order valence-corrected chi connectivity index (χ1v) is 9.22. The van der Waals surface area contributed by atoms with Crippen LogP contribution in [0.25, 0.3) is 10.9 Å². The van der Waals surface area contributed by atoms with Gasteiger partial charge in [-0.3, -0.25) is 9.67 Å². The molecule has 0 N–H and O–H groups in total. The first kappa shape index (κ1) is 19.0. The second-order valence-electron chi connectivity index (χ2n) is 6.12. The van der Waals surface area contributed by atoms with Crippen molar-refractivity contribution in [3.8, 4) is 23.0 Å². The zero-order valence-electron chi connectivity index (χ0n) is 15.5. The first-order chi connectivity index (χ1) is 14.1. The van der Waals surface area contributed by atoms with Crippen molar-refractivity contribution in [3.63, 3.8) is 0 Å². The molecule has 8 heteroatoms. The van der Waals surface area contributed by atoms with Gasteiger partial charge in [-0.05, 0) is 36.4 Å². The summed E-state index contributed by atoms with van der Waals surface area (Å²) in [6.45, 7) is 1.01. The molecule has 0 radical (unpaired) electrons. The maximum Gasteiger partial charge on any atom is 0.167 e. The zero-order valence-corrected chi connectivity index (χ0v) is 16.3. The van der Waals surface area contributed by atoms with Gasteiger partial charge >= 0.3 is 0 Å². The lowest BCUT2D eigenvalue weighted by atomic mass is 10.2.